The SMILES string of the molecule is CC(C)Nc1cc(Nc2ccc3ncc(Cl)cc3n2)ncc1C(=O)NCC(F)C(C)(C)O. The van der Waals surface area contributed by atoms with Crippen LogP contribution in [0.15, 0.2) is 36.7 Å². The molecule has 3 rings (SSSR count). The van der Waals surface area contributed by atoms with Gasteiger partial charge in [0.2, 0.25) is 0 Å². The summed E-state index contributed by atoms with van der Waals surface area (Å²) in [6, 6.07) is 7.01. The highest BCUT2D eigenvalue weighted by Gasteiger charge is 2.27. The standard InChI is InChI=1S/C22H26ClFN6O2/c1-12(2)28-16-8-20(26-10-14(16)21(31)27-11-18(24)22(3,4)32)30-19-6-5-15-17(29-19)7-13(23)9-25-15/h5-10,12,18,32H,11H2,1-4H3,(H,27,31)(H2,26,28,29,30). The van der Waals surface area contributed by atoms with E-state index in [4.69, 9.17) is 11.6 Å². The van der Waals surface area contributed by atoms with Crippen LogP contribution in [0.4, 0.5) is 21.7 Å². The Labute approximate surface area is 190 Å². The van der Waals surface area contributed by atoms with Crippen LogP contribution in [0, 0.1) is 0 Å². The zero-order valence-corrected chi connectivity index (χ0v) is 19.0. The van der Waals surface area contributed by atoms with E-state index in [0.29, 0.717) is 33.4 Å². The first-order chi connectivity index (χ1) is 15.0. The van der Waals surface area contributed by atoms with Crippen LogP contribution in [-0.4, -0.2) is 50.3 Å². The molecule has 0 fully saturated rings. The highest BCUT2D eigenvalue weighted by Crippen LogP contribution is 2.24. The lowest BCUT2D eigenvalue weighted by atomic mass is 10.0. The number of hydrogen-bond acceptors (Lipinski definition) is 7. The van der Waals surface area contributed by atoms with Gasteiger partial charge in [-0.1, -0.05) is 11.6 Å². The minimum absolute atomic E-state index is 0.0362. The van der Waals surface area contributed by atoms with E-state index in [1.807, 2.05) is 19.9 Å². The first kappa shape index (κ1) is 23.6. The van der Waals surface area contributed by atoms with E-state index < -0.39 is 17.7 Å². The number of nitrogens with zero attached hydrogens (tertiary/aromatic N) is 3. The van der Waals surface area contributed by atoms with Gasteiger partial charge in [-0.05, 0) is 45.9 Å². The van der Waals surface area contributed by atoms with Crippen LogP contribution in [0.3, 0.4) is 0 Å². The molecule has 4 N–H and O–H groups in total. The van der Waals surface area contributed by atoms with Crippen LogP contribution >= 0.6 is 11.6 Å². The lowest BCUT2D eigenvalue weighted by molar-refractivity contribution is -0.00177. The number of carbonyl (C=O) groups excluding carboxylic acids is 1. The number of amides is 1. The second-order valence-corrected chi connectivity index (χ2v) is 8.70. The van der Waals surface area contributed by atoms with Crippen molar-refractivity contribution in [2.45, 2.75) is 45.5 Å². The maximum Gasteiger partial charge on any atom is 0.255 e. The molecule has 0 aliphatic rings. The van der Waals surface area contributed by atoms with Gasteiger partial charge in [-0.2, -0.15) is 0 Å². The highest BCUT2D eigenvalue weighted by atomic mass is 35.5. The van der Waals surface area contributed by atoms with Crippen LogP contribution < -0.4 is 16.0 Å². The molecule has 0 bridgehead atoms. The van der Waals surface area contributed by atoms with E-state index in [9.17, 15) is 14.3 Å². The van der Waals surface area contributed by atoms with E-state index in [-0.39, 0.29) is 18.2 Å². The smallest absolute Gasteiger partial charge is 0.255 e. The van der Waals surface area contributed by atoms with Crippen molar-refractivity contribution in [3.8, 4) is 0 Å². The van der Waals surface area contributed by atoms with Crippen molar-refractivity contribution < 1.29 is 14.3 Å². The Morgan fingerprint density at radius 2 is 1.91 bits per heavy atom. The number of aliphatic hydroxyl groups is 1. The lowest BCUT2D eigenvalue weighted by Crippen LogP contribution is -2.42. The molecule has 0 aliphatic heterocycles. The van der Waals surface area contributed by atoms with Gasteiger partial charge in [-0.25, -0.2) is 14.4 Å². The minimum Gasteiger partial charge on any atom is -0.387 e. The summed E-state index contributed by atoms with van der Waals surface area (Å²) in [5.74, 6) is 0.502. The van der Waals surface area contributed by atoms with Crippen molar-refractivity contribution in [1.82, 2.24) is 20.3 Å². The van der Waals surface area contributed by atoms with Crippen molar-refractivity contribution in [3.63, 3.8) is 0 Å². The summed E-state index contributed by atoms with van der Waals surface area (Å²) in [5, 5.41) is 19.0. The number of fused-ring (bicyclic) bond motifs is 1. The van der Waals surface area contributed by atoms with Gasteiger partial charge < -0.3 is 21.1 Å². The zero-order chi connectivity index (χ0) is 23.5. The number of nitrogens with one attached hydrogen (secondary N) is 3. The summed E-state index contributed by atoms with van der Waals surface area (Å²) in [4.78, 5) is 25.6. The average molecular weight is 461 g/mol. The van der Waals surface area contributed by atoms with Crippen molar-refractivity contribution in [2.24, 2.45) is 0 Å². The summed E-state index contributed by atoms with van der Waals surface area (Å²) >= 11 is 6.00. The molecular weight excluding hydrogens is 435 g/mol. The summed E-state index contributed by atoms with van der Waals surface area (Å²) < 4.78 is 14.0. The van der Waals surface area contributed by atoms with Crippen LogP contribution in [0.25, 0.3) is 11.0 Å². The molecule has 170 valence electrons. The van der Waals surface area contributed by atoms with Gasteiger partial charge in [-0.3, -0.25) is 9.78 Å². The Hall–Kier alpha value is -3.04. The van der Waals surface area contributed by atoms with E-state index >= 15 is 0 Å². The molecular formula is C22H26ClFN6O2. The largest absolute Gasteiger partial charge is 0.387 e. The molecule has 0 aromatic carbocycles. The number of anilines is 3. The molecule has 1 amide bonds. The molecule has 3 heterocycles. The topological polar surface area (TPSA) is 112 Å². The summed E-state index contributed by atoms with van der Waals surface area (Å²) in [6.07, 6.45) is 1.35. The Morgan fingerprint density at radius 1 is 1.16 bits per heavy atom. The molecule has 0 aliphatic carbocycles. The zero-order valence-electron chi connectivity index (χ0n) is 18.3. The number of carbonyl (C=O) groups is 1. The molecule has 0 saturated heterocycles. The molecule has 1 atom stereocenters. The maximum atomic E-state index is 14.0. The number of aromatic nitrogens is 3. The van der Waals surface area contributed by atoms with Crippen molar-refractivity contribution in [3.05, 3.63) is 47.2 Å². The molecule has 8 nitrogen and oxygen atoms in total. The Bertz CT molecular complexity index is 1120. The van der Waals surface area contributed by atoms with Gasteiger partial charge in [0, 0.05) is 24.5 Å². The molecule has 0 radical (unpaired) electrons. The van der Waals surface area contributed by atoms with Gasteiger partial charge in [0.25, 0.3) is 5.91 Å². The van der Waals surface area contributed by atoms with Crippen molar-refractivity contribution >= 4 is 45.9 Å². The second-order valence-electron chi connectivity index (χ2n) is 8.26. The molecule has 32 heavy (non-hydrogen) atoms. The third-order valence-corrected chi connectivity index (χ3v) is 4.77. The fraction of sp³-hybridized carbons (Fsp3) is 0.364. The summed E-state index contributed by atoms with van der Waals surface area (Å²) in [7, 11) is 0. The quantitative estimate of drug-likeness (QED) is 0.400. The molecule has 3 aromatic rings. The maximum absolute atomic E-state index is 14.0. The predicted molar refractivity (Wildman–Crippen MR) is 124 cm³/mol. The fourth-order valence-electron chi connectivity index (χ4n) is 2.85. The second kappa shape index (κ2) is 9.62. The van der Waals surface area contributed by atoms with Gasteiger partial charge in [-0.15, -0.1) is 0 Å². The first-order valence-corrected chi connectivity index (χ1v) is 10.5. The average Bonchev–Trinajstić information content (AvgIpc) is 2.70. The van der Waals surface area contributed by atoms with Gasteiger partial charge in [0.15, 0.2) is 0 Å². The monoisotopic (exact) mass is 460 g/mol. The Balaban J connectivity index is 1.82. The number of halogens is 2. The van der Waals surface area contributed by atoms with Crippen LogP contribution in [-0.2, 0) is 0 Å². The minimum atomic E-state index is -1.61. The van der Waals surface area contributed by atoms with Crippen molar-refractivity contribution in [2.75, 3.05) is 17.2 Å². The summed E-state index contributed by atoms with van der Waals surface area (Å²) in [6.45, 7) is 6.25. The van der Waals surface area contributed by atoms with Gasteiger partial charge in [0.1, 0.15) is 17.8 Å². The normalized spacial score (nSPS) is 12.6. The van der Waals surface area contributed by atoms with Gasteiger partial charge in [0.05, 0.1) is 39.5 Å². The number of hydrogen-bond donors (Lipinski definition) is 4. The van der Waals surface area contributed by atoms with Crippen LogP contribution in [0.5, 0.6) is 0 Å². The number of pyridine rings is 3. The van der Waals surface area contributed by atoms with Crippen LogP contribution in [0.2, 0.25) is 5.02 Å². The van der Waals surface area contributed by atoms with Crippen molar-refractivity contribution in [1.29, 1.82) is 0 Å². The third kappa shape index (κ3) is 6.02. The molecule has 0 spiro atoms. The Morgan fingerprint density at radius 3 is 2.59 bits per heavy atom. The molecule has 0 saturated carbocycles. The van der Waals surface area contributed by atoms with E-state index in [1.165, 1.54) is 20.0 Å². The van der Waals surface area contributed by atoms with E-state index in [2.05, 4.69) is 30.9 Å². The first-order valence-electron chi connectivity index (χ1n) is 10.1. The molecule has 3 aromatic heterocycles. The molecule has 1 unspecified atom stereocenters. The molecule has 10 heteroatoms. The van der Waals surface area contributed by atoms with Crippen LogP contribution in [0.1, 0.15) is 38.1 Å². The lowest BCUT2D eigenvalue weighted by Gasteiger charge is -2.23. The highest BCUT2D eigenvalue weighted by molar-refractivity contribution is 6.31. The summed E-state index contributed by atoms with van der Waals surface area (Å²) in [5.41, 5.74) is 0.574. The number of alkyl halides is 1. The predicted octanol–water partition coefficient (Wildman–Crippen LogP) is 4.08. The van der Waals surface area contributed by atoms with Gasteiger partial charge >= 0.3 is 0 Å². The van der Waals surface area contributed by atoms with E-state index in [0.717, 1.165) is 0 Å². The van der Waals surface area contributed by atoms with E-state index in [1.54, 1.807) is 24.4 Å². The Kier molecular flexibility index (Phi) is 7.10. The third-order valence-electron chi connectivity index (χ3n) is 4.56. The number of rotatable bonds is 8. The fourth-order valence-corrected chi connectivity index (χ4v) is 3.00.